The van der Waals surface area contributed by atoms with E-state index in [1.807, 2.05) is 16.8 Å². The number of rotatable bonds is 2. The maximum atomic E-state index is 11.1. The fraction of sp³-hybridized carbons (Fsp3) is 0.333. The van der Waals surface area contributed by atoms with E-state index in [1.165, 1.54) is 6.92 Å². The third-order valence-corrected chi connectivity index (χ3v) is 2.76. The highest BCUT2D eigenvalue weighted by atomic mass is 32.1. The molecule has 1 amide bonds. The van der Waals surface area contributed by atoms with E-state index in [9.17, 15) is 9.59 Å². The molecule has 2 rings (SSSR count). The summed E-state index contributed by atoms with van der Waals surface area (Å²) in [5.41, 5.74) is 0.987. The second kappa shape index (κ2) is 3.42. The molecule has 0 unspecified atom stereocenters. The average molecular weight is 211 g/mol. The van der Waals surface area contributed by atoms with E-state index < -0.39 is 12.1 Å². The Bertz CT molecular complexity index is 360. The third-order valence-electron chi connectivity index (χ3n) is 2.05. The molecule has 1 N–H and O–H groups in total. The molecule has 4 nitrogen and oxygen atoms in total. The quantitative estimate of drug-likeness (QED) is 0.583. The van der Waals surface area contributed by atoms with Crippen LogP contribution in [0.5, 0.6) is 0 Å². The van der Waals surface area contributed by atoms with Crippen LogP contribution in [0.2, 0.25) is 0 Å². The van der Waals surface area contributed by atoms with Gasteiger partial charge in [-0.25, -0.2) is 0 Å². The maximum Gasteiger partial charge on any atom is 0.303 e. The van der Waals surface area contributed by atoms with Gasteiger partial charge in [0.2, 0.25) is 6.10 Å². The highest BCUT2D eigenvalue weighted by molar-refractivity contribution is 7.08. The zero-order chi connectivity index (χ0) is 10.1. The molecule has 1 fully saturated rings. The van der Waals surface area contributed by atoms with E-state index in [0.717, 1.165) is 5.56 Å². The van der Waals surface area contributed by atoms with Crippen molar-refractivity contribution in [1.82, 2.24) is 5.32 Å². The average Bonchev–Trinajstić information content (AvgIpc) is 2.62. The molecule has 5 heteroatoms. The summed E-state index contributed by atoms with van der Waals surface area (Å²) in [5.74, 6) is -0.651. The zero-order valence-corrected chi connectivity index (χ0v) is 8.34. The van der Waals surface area contributed by atoms with Gasteiger partial charge in [0, 0.05) is 6.92 Å². The van der Waals surface area contributed by atoms with Crippen molar-refractivity contribution in [3.05, 3.63) is 22.4 Å². The molecule has 0 spiro atoms. The van der Waals surface area contributed by atoms with Gasteiger partial charge in [-0.2, -0.15) is 11.3 Å². The number of amides is 1. The number of β-lactam (4-membered cyclic amide) rings is 1. The minimum atomic E-state index is -0.651. The summed E-state index contributed by atoms with van der Waals surface area (Å²) in [6, 6.07) is 1.74. The topological polar surface area (TPSA) is 55.4 Å². The van der Waals surface area contributed by atoms with Gasteiger partial charge >= 0.3 is 5.97 Å². The number of hydrogen-bond acceptors (Lipinski definition) is 4. The SMILES string of the molecule is CC(=O)O[C@H]1C(=O)N[C@H]1c1ccsc1. The Morgan fingerprint density at radius 3 is 2.93 bits per heavy atom. The van der Waals surface area contributed by atoms with Gasteiger partial charge in [0.25, 0.3) is 5.91 Å². The van der Waals surface area contributed by atoms with Gasteiger partial charge in [0.05, 0.1) is 0 Å². The Morgan fingerprint density at radius 2 is 2.43 bits per heavy atom. The number of carbonyl (C=O) groups excluding carboxylic acids is 2. The van der Waals surface area contributed by atoms with Crippen molar-refractivity contribution in [3.63, 3.8) is 0 Å². The summed E-state index contributed by atoms with van der Waals surface area (Å²) in [6.07, 6.45) is -0.651. The minimum Gasteiger partial charge on any atom is -0.450 e. The van der Waals surface area contributed by atoms with Crippen molar-refractivity contribution < 1.29 is 14.3 Å². The number of carbonyl (C=O) groups is 2. The lowest BCUT2D eigenvalue weighted by Crippen LogP contribution is -2.57. The van der Waals surface area contributed by atoms with Crippen LogP contribution in [-0.2, 0) is 14.3 Å². The predicted octanol–water partition coefficient (Wildman–Crippen LogP) is 0.851. The lowest BCUT2D eigenvalue weighted by Gasteiger charge is -2.35. The Morgan fingerprint density at radius 1 is 1.64 bits per heavy atom. The van der Waals surface area contributed by atoms with Crippen LogP contribution in [-0.4, -0.2) is 18.0 Å². The fourth-order valence-electron chi connectivity index (χ4n) is 1.38. The van der Waals surface area contributed by atoms with Crippen molar-refractivity contribution in [2.75, 3.05) is 0 Å². The predicted molar refractivity (Wildman–Crippen MR) is 50.8 cm³/mol. The summed E-state index contributed by atoms with van der Waals surface area (Å²) in [7, 11) is 0. The first-order valence-corrected chi connectivity index (χ1v) is 5.12. The van der Waals surface area contributed by atoms with Gasteiger partial charge in [-0.3, -0.25) is 9.59 Å². The first kappa shape index (κ1) is 9.21. The van der Waals surface area contributed by atoms with Crippen LogP contribution in [0, 0.1) is 0 Å². The van der Waals surface area contributed by atoms with Crippen LogP contribution in [0.25, 0.3) is 0 Å². The molecular weight excluding hydrogens is 202 g/mol. The Kier molecular flexibility index (Phi) is 2.25. The third kappa shape index (κ3) is 1.50. The van der Waals surface area contributed by atoms with Crippen LogP contribution in [0.15, 0.2) is 16.8 Å². The van der Waals surface area contributed by atoms with Gasteiger partial charge in [0.1, 0.15) is 6.04 Å². The molecule has 0 aromatic carbocycles. The normalized spacial score (nSPS) is 25.1. The van der Waals surface area contributed by atoms with E-state index >= 15 is 0 Å². The van der Waals surface area contributed by atoms with E-state index in [2.05, 4.69) is 5.32 Å². The van der Waals surface area contributed by atoms with Crippen molar-refractivity contribution >= 4 is 23.2 Å². The van der Waals surface area contributed by atoms with E-state index in [4.69, 9.17) is 4.74 Å². The summed E-state index contributed by atoms with van der Waals surface area (Å²) >= 11 is 1.55. The molecule has 0 aliphatic carbocycles. The first-order valence-electron chi connectivity index (χ1n) is 4.18. The second-order valence-corrected chi connectivity index (χ2v) is 3.85. The van der Waals surface area contributed by atoms with E-state index in [-0.39, 0.29) is 11.9 Å². The van der Waals surface area contributed by atoms with Crippen LogP contribution in [0.4, 0.5) is 0 Å². The minimum absolute atomic E-state index is 0.169. The lowest BCUT2D eigenvalue weighted by molar-refractivity contribution is -0.164. The van der Waals surface area contributed by atoms with Crippen molar-refractivity contribution in [3.8, 4) is 0 Å². The Labute approximate surface area is 84.9 Å². The lowest BCUT2D eigenvalue weighted by atomic mass is 9.96. The summed E-state index contributed by atoms with van der Waals surface area (Å²) in [6.45, 7) is 1.30. The number of esters is 1. The Hall–Kier alpha value is -1.36. The van der Waals surface area contributed by atoms with Crippen LogP contribution < -0.4 is 5.32 Å². The molecule has 14 heavy (non-hydrogen) atoms. The number of ether oxygens (including phenoxy) is 1. The van der Waals surface area contributed by atoms with Gasteiger partial charge in [0.15, 0.2) is 0 Å². The van der Waals surface area contributed by atoms with E-state index in [1.54, 1.807) is 11.3 Å². The molecule has 0 saturated carbocycles. The molecule has 1 aliphatic heterocycles. The Balaban J connectivity index is 2.08. The molecule has 2 atom stereocenters. The number of thiophene rings is 1. The van der Waals surface area contributed by atoms with Gasteiger partial charge in [-0.15, -0.1) is 0 Å². The molecule has 1 aromatic heterocycles. The molecule has 1 aliphatic rings. The van der Waals surface area contributed by atoms with Crippen molar-refractivity contribution in [2.24, 2.45) is 0 Å². The van der Waals surface area contributed by atoms with Gasteiger partial charge in [-0.05, 0) is 22.4 Å². The van der Waals surface area contributed by atoms with Crippen LogP contribution in [0.1, 0.15) is 18.5 Å². The second-order valence-electron chi connectivity index (χ2n) is 3.07. The number of nitrogens with one attached hydrogen (secondary N) is 1. The van der Waals surface area contributed by atoms with Crippen molar-refractivity contribution in [2.45, 2.75) is 19.1 Å². The van der Waals surface area contributed by atoms with Crippen LogP contribution >= 0.6 is 11.3 Å². The zero-order valence-electron chi connectivity index (χ0n) is 7.52. The molecule has 0 bridgehead atoms. The maximum absolute atomic E-state index is 11.1. The van der Waals surface area contributed by atoms with Crippen molar-refractivity contribution in [1.29, 1.82) is 0 Å². The first-order chi connectivity index (χ1) is 6.68. The smallest absolute Gasteiger partial charge is 0.303 e. The molecule has 2 heterocycles. The van der Waals surface area contributed by atoms with Crippen LogP contribution in [0.3, 0.4) is 0 Å². The summed E-state index contributed by atoms with van der Waals surface area (Å²) in [5, 5.41) is 6.54. The summed E-state index contributed by atoms with van der Waals surface area (Å²) < 4.78 is 4.89. The molecule has 74 valence electrons. The molecular formula is C9H9NO3S. The van der Waals surface area contributed by atoms with Gasteiger partial charge in [-0.1, -0.05) is 0 Å². The monoisotopic (exact) mass is 211 g/mol. The molecule has 1 aromatic rings. The molecule has 1 saturated heterocycles. The molecule has 0 radical (unpaired) electrons. The highest BCUT2D eigenvalue weighted by Crippen LogP contribution is 2.28. The number of hydrogen-bond donors (Lipinski definition) is 1. The fourth-order valence-corrected chi connectivity index (χ4v) is 2.07. The summed E-state index contributed by atoms with van der Waals surface area (Å²) in [4.78, 5) is 21.8. The van der Waals surface area contributed by atoms with Gasteiger partial charge < -0.3 is 10.1 Å². The van der Waals surface area contributed by atoms with E-state index in [0.29, 0.717) is 0 Å². The standard InChI is InChI=1S/C9H9NO3S/c1-5(11)13-8-7(10-9(8)12)6-2-3-14-4-6/h2-4,7-8H,1H3,(H,10,12)/t7-,8+/m0/s1. The largest absolute Gasteiger partial charge is 0.450 e. The highest BCUT2D eigenvalue weighted by Gasteiger charge is 2.43.